The van der Waals surface area contributed by atoms with Gasteiger partial charge in [-0.25, -0.2) is 8.78 Å². The van der Waals surface area contributed by atoms with Crippen molar-refractivity contribution in [2.24, 2.45) is 0 Å². The van der Waals surface area contributed by atoms with Gasteiger partial charge in [0, 0.05) is 17.3 Å². The molecule has 0 bridgehead atoms. The van der Waals surface area contributed by atoms with Gasteiger partial charge in [0.05, 0.1) is 17.3 Å². The van der Waals surface area contributed by atoms with Crippen LogP contribution in [0.4, 0.5) is 14.5 Å². The zero-order valence-electron chi connectivity index (χ0n) is 18.4. The normalized spacial score (nSPS) is 16.1. The number of aryl methyl sites for hydroxylation is 1. The van der Waals surface area contributed by atoms with Gasteiger partial charge in [0.1, 0.15) is 11.6 Å². The molecule has 4 aromatic rings. The molecule has 5 nitrogen and oxygen atoms in total. The van der Waals surface area contributed by atoms with Crippen molar-refractivity contribution in [3.63, 3.8) is 0 Å². The third kappa shape index (κ3) is 4.08. The van der Waals surface area contributed by atoms with E-state index < -0.39 is 17.7 Å². The molecule has 1 N–H and O–H groups in total. The second-order valence-electron chi connectivity index (χ2n) is 8.04. The highest BCUT2D eigenvalue weighted by Crippen LogP contribution is 2.39. The van der Waals surface area contributed by atoms with Crippen molar-refractivity contribution < 1.29 is 13.3 Å². The van der Waals surface area contributed by atoms with Gasteiger partial charge in [-0.05, 0) is 43.8 Å². The van der Waals surface area contributed by atoms with Crippen molar-refractivity contribution in [2.45, 2.75) is 19.9 Å². The van der Waals surface area contributed by atoms with E-state index in [1.54, 1.807) is 4.90 Å². The standard InChI is InChI=1S/C26H20F2N4OS/c1-15-8-10-18(11-9-15)24-30-25(33-31-24)22-16(2)32(21-13-19(27)12-20(28)14-21)26(34)29-23(22)17-6-4-3-5-7-17/h3-14,23H,1-2H3,(H,29,34). The first-order valence-corrected chi connectivity index (χ1v) is 11.0. The minimum absolute atomic E-state index is 0.259. The maximum atomic E-state index is 14.0. The summed E-state index contributed by atoms with van der Waals surface area (Å²) in [6.07, 6.45) is 0. The molecule has 8 heteroatoms. The van der Waals surface area contributed by atoms with Crippen molar-refractivity contribution in [3.05, 3.63) is 107 Å². The van der Waals surface area contributed by atoms with Gasteiger partial charge >= 0.3 is 0 Å². The number of hydrogen-bond donors (Lipinski definition) is 1. The van der Waals surface area contributed by atoms with E-state index >= 15 is 0 Å². The van der Waals surface area contributed by atoms with E-state index in [9.17, 15) is 8.78 Å². The van der Waals surface area contributed by atoms with E-state index in [4.69, 9.17) is 16.7 Å². The number of aromatic nitrogens is 2. The number of anilines is 1. The summed E-state index contributed by atoms with van der Waals surface area (Å²) >= 11 is 5.62. The number of rotatable bonds is 4. The van der Waals surface area contributed by atoms with Crippen molar-refractivity contribution in [1.29, 1.82) is 0 Å². The fraction of sp³-hybridized carbons (Fsp3) is 0.115. The Kier molecular flexibility index (Phi) is 5.67. The maximum Gasteiger partial charge on any atom is 0.258 e. The van der Waals surface area contributed by atoms with Crippen LogP contribution in [-0.2, 0) is 0 Å². The Morgan fingerprint density at radius 3 is 2.29 bits per heavy atom. The number of benzene rings is 3. The van der Waals surface area contributed by atoms with E-state index in [1.807, 2.05) is 68.4 Å². The van der Waals surface area contributed by atoms with Gasteiger partial charge in [0.25, 0.3) is 5.89 Å². The summed E-state index contributed by atoms with van der Waals surface area (Å²) < 4.78 is 33.8. The molecule has 34 heavy (non-hydrogen) atoms. The summed E-state index contributed by atoms with van der Waals surface area (Å²) in [6.45, 7) is 3.82. The molecule has 0 radical (unpaired) electrons. The topological polar surface area (TPSA) is 54.2 Å². The van der Waals surface area contributed by atoms with Crippen LogP contribution in [0.15, 0.2) is 83.0 Å². The predicted octanol–water partition coefficient (Wildman–Crippen LogP) is 6.19. The zero-order chi connectivity index (χ0) is 23.8. The molecular formula is C26H20F2N4OS. The Morgan fingerprint density at radius 1 is 0.941 bits per heavy atom. The second kappa shape index (κ2) is 8.79. The van der Waals surface area contributed by atoms with Gasteiger partial charge in [-0.2, -0.15) is 4.98 Å². The first kappa shape index (κ1) is 21.9. The number of thiocarbonyl (C=S) groups is 1. The lowest BCUT2D eigenvalue weighted by Gasteiger charge is -2.37. The summed E-state index contributed by atoms with van der Waals surface area (Å²) in [4.78, 5) is 6.23. The smallest absolute Gasteiger partial charge is 0.258 e. The number of halogens is 2. The Balaban J connectivity index is 1.66. The van der Waals surface area contributed by atoms with Crippen LogP contribution >= 0.6 is 12.2 Å². The third-order valence-electron chi connectivity index (χ3n) is 5.69. The van der Waals surface area contributed by atoms with Crippen LogP contribution in [0.3, 0.4) is 0 Å². The summed E-state index contributed by atoms with van der Waals surface area (Å²) in [5.74, 6) is -0.661. The lowest BCUT2D eigenvalue weighted by atomic mass is 9.94. The molecule has 3 aromatic carbocycles. The molecule has 2 heterocycles. The van der Waals surface area contributed by atoms with Crippen LogP contribution in [0.1, 0.15) is 30.0 Å². The van der Waals surface area contributed by atoms with Gasteiger partial charge in [-0.3, -0.25) is 4.90 Å². The number of allylic oxidation sites excluding steroid dienone is 1. The van der Waals surface area contributed by atoms with Gasteiger partial charge in [0.2, 0.25) is 5.82 Å². The highest BCUT2D eigenvalue weighted by molar-refractivity contribution is 7.80. The van der Waals surface area contributed by atoms with E-state index in [1.165, 1.54) is 12.1 Å². The van der Waals surface area contributed by atoms with Crippen molar-refractivity contribution in [1.82, 2.24) is 15.5 Å². The quantitative estimate of drug-likeness (QED) is 0.356. The third-order valence-corrected chi connectivity index (χ3v) is 5.99. The summed E-state index contributed by atoms with van der Waals surface area (Å²) in [5, 5.41) is 7.77. The van der Waals surface area contributed by atoms with Crippen LogP contribution < -0.4 is 10.2 Å². The summed E-state index contributed by atoms with van der Waals surface area (Å²) in [6, 6.07) is 20.4. The molecular weight excluding hydrogens is 454 g/mol. The second-order valence-corrected chi connectivity index (χ2v) is 8.43. The lowest BCUT2D eigenvalue weighted by Crippen LogP contribution is -2.46. The van der Waals surface area contributed by atoms with Gasteiger partial charge in [0.15, 0.2) is 5.11 Å². The van der Waals surface area contributed by atoms with Crippen LogP contribution in [0.2, 0.25) is 0 Å². The van der Waals surface area contributed by atoms with E-state index in [0.717, 1.165) is 22.8 Å². The minimum Gasteiger partial charge on any atom is -0.351 e. The molecule has 1 aliphatic rings. The largest absolute Gasteiger partial charge is 0.351 e. The fourth-order valence-electron chi connectivity index (χ4n) is 4.05. The lowest BCUT2D eigenvalue weighted by molar-refractivity contribution is 0.404. The number of nitrogens with zero attached hydrogens (tertiary/aromatic N) is 3. The zero-order valence-corrected chi connectivity index (χ0v) is 19.2. The van der Waals surface area contributed by atoms with Gasteiger partial charge in [-0.1, -0.05) is 65.3 Å². The minimum atomic E-state index is -0.697. The number of hydrogen-bond acceptors (Lipinski definition) is 4. The van der Waals surface area contributed by atoms with Gasteiger partial charge in [-0.15, -0.1) is 0 Å². The van der Waals surface area contributed by atoms with E-state index in [0.29, 0.717) is 28.1 Å². The monoisotopic (exact) mass is 474 g/mol. The van der Waals surface area contributed by atoms with E-state index in [-0.39, 0.29) is 5.69 Å². The van der Waals surface area contributed by atoms with Crippen molar-refractivity contribution in [2.75, 3.05) is 4.90 Å². The highest BCUT2D eigenvalue weighted by Gasteiger charge is 2.35. The van der Waals surface area contributed by atoms with Crippen molar-refractivity contribution >= 4 is 28.6 Å². The average molecular weight is 475 g/mol. The molecule has 170 valence electrons. The molecule has 5 rings (SSSR count). The summed E-state index contributed by atoms with van der Waals surface area (Å²) in [7, 11) is 0. The van der Waals surface area contributed by atoms with Crippen LogP contribution in [0.25, 0.3) is 17.0 Å². The molecule has 1 aromatic heterocycles. The molecule has 1 atom stereocenters. The van der Waals surface area contributed by atoms with Crippen molar-refractivity contribution in [3.8, 4) is 11.4 Å². The molecule has 0 fully saturated rings. The van der Waals surface area contributed by atoms with Crippen LogP contribution in [0.5, 0.6) is 0 Å². The molecule has 0 saturated heterocycles. The molecule has 0 aliphatic carbocycles. The maximum absolute atomic E-state index is 14.0. The average Bonchev–Trinajstić information content (AvgIpc) is 3.29. The first-order valence-electron chi connectivity index (χ1n) is 10.6. The summed E-state index contributed by atoms with van der Waals surface area (Å²) in [5.41, 5.74) is 4.42. The van der Waals surface area contributed by atoms with E-state index in [2.05, 4.69) is 15.5 Å². The molecule has 1 aliphatic heterocycles. The molecule has 0 saturated carbocycles. The first-order chi connectivity index (χ1) is 16.4. The van der Waals surface area contributed by atoms with Crippen LogP contribution in [0, 0.1) is 18.6 Å². The predicted molar refractivity (Wildman–Crippen MR) is 131 cm³/mol. The fourth-order valence-corrected chi connectivity index (χ4v) is 4.41. The van der Waals surface area contributed by atoms with Gasteiger partial charge < -0.3 is 9.84 Å². The molecule has 0 spiro atoms. The highest BCUT2D eigenvalue weighted by atomic mass is 32.1. The molecule has 1 unspecified atom stereocenters. The SMILES string of the molecule is CC1=C(c2nc(-c3ccc(C)cc3)no2)C(c2ccccc2)NC(=S)N1c1cc(F)cc(F)c1. The number of nitrogens with one attached hydrogen (secondary N) is 1. The van der Waals surface area contributed by atoms with Crippen LogP contribution in [-0.4, -0.2) is 15.3 Å². The molecule has 0 amide bonds. The Morgan fingerprint density at radius 2 is 1.62 bits per heavy atom. The Bertz CT molecular complexity index is 1380. The Hall–Kier alpha value is -3.91. The Labute approximate surface area is 200 Å².